The fraction of sp³-hybridized carbons (Fsp3) is 0.417. The van der Waals surface area contributed by atoms with Crippen LogP contribution in [0.5, 0.6) is 0 Å². The highest BCUT2D eigenvalue weighted by Gasteiger charge is 2.12. The Kier molecular flexibility index (Phi) is 4.82. The van der Waals surface area contributed by atoms with Crippen LogP contribution in [0.3, 0.4) is 0 Å². The van der Waals surface area contributed by atoms with Gasteiger partial charge in [-0.05, 0) is 12.1 Å². The standard InChI is InChI=1S/C12H16N4O3/c1-17-7-8-18-6-4-10-15-12(19-16-10)11-9(13)3-2-5-14-11/h2-3,5H,4,6-8,13H2,1H3. The maximum absolute atomic E-state index is 5.79. The molecule has 2 rings (SSSR count). The van der Waals surface area contributed by atoms with E-state index in [1.165, 1.54) is 0 Å². The molecule has 2 aromatic heterocycles. The van der Waals surface area contributed by atoms with Crippen molar-refractivity contribution in [3.05, 3.63) is 24.2 Å². The normalized spacial score (nSPS) is 10.8. The molecule has 7 heteroatoms. The van der Waals surface area contributed by atoms with E-state index in [1.54, 1.807) is 25.4 Å². The van der Waals surface area contributed by atoms with Gasteiger partial charge in [0.15, 0.2) is 11.5 Å². The third-order valence-electron chi connectivity index (χ3n) is 2.41. The van der Waals surface area contributed by atoms with E-state index >= 15 is 0 Å². The number of rotatable bonds is 7. The Morgan fingerprint density at radius 2 is 2.21 bits per heavy atom. The molecule has 2 heterocycles. The summed E-state index contributed by atoms with van der Waals surface area (Å²) in [5.41, 5.74) is 6.80. The summed E-state index contributed by atoms with van der Waals surface area (Å²) in [7, 11) is 1.63. The second-order valence-electron chi connectivity index (χ2n) is 3.81. The fourth-order valence-corrected chi connectivity index (χ4v) is 1.46. The zero-order valence-electron chi connectivity index (χ0n) is 10.7. The molecular formula is C12H16N4O3. The number of hydrogen-bond donors (Lipinski definition) is 1. The number of aromatic nitrogens is 3. The number of anilines is 1. The first-order valence-corrected chi connectivity index (χ1v) is 5.91. The van der Waals surface area contributed by atoms with Crippen LogP contribution in [-0.2, 0) is 15.9 Å². The zero-order chi connectivity index (χ0) is 13.5. The lowest BCUT2D eigenvalue weighted by atomic mass is 10.3. The van der Waals surface area contributed by atoms with Crippen LogP contribution in [0.15, 0.2) is 22.9 Å². The van der Waals surface area contributed by atoms with Gasteiger partial charge in [0, 0.05) is 19.7 Å². The highest BCUT2D eigenvalue weighted by atomic mass is 16.5. The second-order valence-corrected chi connectivity index (χ2v) is 3.81. The lowest BCUT2D eigenvalue weighted by Gasteiger charge is -2.00. The Labute approximate surface area is 110 Å². The predicted molar refractivity (Wildman–Crippen MR) is 68.3 cm³/mol. The first-order chi connectivity index (χ1) is 9.31. The van der Waals surface area contributed by atoms with Crippen molar-refractivity contribution in [1.82, 2.24) is 15.1 Å². The lowest BCUT2D eigenvalue weighted by molar-refractivity contribution is 0.0714. The quantitative estimate of drug-likeness (QED) is 0.742. The Morgan fingerprint density at radius 3 is 3.00 bits per heavy atom. The minimum Gasteiger partial charge on any atom is -0.397 e. The molecule has 0 aliphatic rings. The van der Waals surface area contributed by atoms with E-state index in [0.717, 1.165) is 0 Å². The maximum atomic E-state index is 5.79. The molecule has 0 aliphatic carbocycles. The number of ether oxygens (including phenoxy) is 2. The van der Waals surface area contributed by atoms with Gasteiger partial charge < -0.3 is 19.7 Å². The minimum absolute atomic E-state index is 0.324. The minimum atomic E-state index is 0.324. The van der Waals surface area contributed by atoms with E-state index < -0.39 is 0 Å². The van der Waals surface area contributed by atoms with Gasteiger partial charge >= 0.3 is 0 Å². The molecule has 0 aromatic carbocycles. The summed E-state index contributed by atoms with van der Waals surface area (Å²) < 4.78 is 15.3. The molecule has 0 unspecified atom stereocenters. The number of nitrogen functional groups attached to an aromatic ring is 1. The predicted octanol–water partition coefficient (Wildman–Crippen LogP) is 0.919. The van der Waals surface area contributed by atoms with Crippen molar-refractivity contribution in [2.24, 2.45) is 0 Å². The van der Waals surface area contributed by atoms with E-state index in [9.17, 15) is 0 Å². The number of hydrogen-bond acceptors (Lipinski definition) is 7. The second kappa shape index (κ2) is 6.81. The molecule has 0 atom stereocenters. The molecule has 0 fully saturated rings. The molecule has 2 aromatic rings. The molecule has 0 radical (unpaired) electrons. The summed E-state index contributed by atoms with van der Waals surface area (Å²) >= 11 is 0. The van der Waals surface area contributed by atoms with Crippen LogP contribution >= 0.6 is 0 Å². The van der Waals surface area contributed by atoms with Gasteiger partial charge in [-0.2, -0.15) is 4.98 Å². The molecule has 0 bridgehead atoms. The van der Waals surface area contributed by atoms with Crippen molar-refractivity contribution >= 4 is 5.69 Å². The van der Waals surface area contributed by atoms with Crippen LogP contribution in [-0.4, -0.2) is 42.1 Å². The van der Waals surface area contributed by atoms with Crippen LogP contribution in [0, 0.1) is 0 Å². The van der Waals surface area contributed by atoms with Gasteiger partial charge in [-0.15, -0.1) is 0 Å². The Balaban J connectivity index is 1.91. The van der Waals surface area contributed by atoms with E-state index in [0.29, 0.717) is 49.3 Å². The molecule has 0 spiro atoms. The third kappa shape index (κ3) is 3.73. The van der Waals surface area contributed by atoms with Crippen molar-refractivity contribution in [2.45, 2.75) is 6.42 Å². The maximum Gasteiger partial charge on any atom is 0.278 e. The largest absolute Gasteiger partial charge is 0.397 e. The first-order valence-electron chi connectivity index (χ1n) is 5.91. The highest BCUT2D eigenvalue weighted by molar-refractivity contribution is 5.65. The van der Waals surface area contributed by atoms with Gasteiger partial charge in [0.1, 0.15) is 0 Å². The first kappa shape index (κ1) is 13.4. The number of pyridine rings is 1. The summed E-state index contributed by atoms with van der Waals surface area (Å²) in [5, 5.41) is 3.86. The van der Waals surface area contributed by atoms with Crippen molar-refractivity contribution < 1.29 is 14.0 Å². The molecule has 0 aliphatic heterocycles. The average molecular weight is 264 g/mol. The monoisotopic (exact) mass is 264 g/mol. The summed E-state index contributed by atoms with van der Waals surface area (Å²) in [4.78, 5) is 8.34. The van der Waals surface area contributed by atoms with Crippen molar-refractivity contribution in [3.63, 3.8) is 0 Å². The van der Waals surface area contributed by atoms with Crippen molar-refractivity contribution in [1.29, 1.82) is 0 Å². The Bertz CT molecular complexity index is 515. The summed E-state index contributed by atoms with van der Waals surface area (Å²) in [5.74, 6) is 0.891. The number of nitrogens with two attached hydrogens (primary N) is 1. The van der Waals surface area contributed by atoms with E-state index in [2.05, 4.69) is 15.1 Å². The van der Waals surface area contributed by atoms with Crippen LogP contribution in [0.2, 0.25) is 0 Å². The summed E-state index contributed by atoms with van der Waals surface area (Å²) in [6.07, 6.45) is 2.20. The van der Waals surface area contributed by atoms with Crippen molar-refractivity contribution in [2.75, 3.05) is 32.7 Å². The van der Waals surface area contributed by atoms with Crippen LogP contribution in [0.4, 0.5) is 5.69 Å². The van der Waals surface area contributed by atoms with Gasteiger partial charge in [-0.1, -0.05) is 5.16 Å². The summed E-state index contributed by atoms with van der Waals surface area (Å²) in [6.45, 7) is 1.64. The van der Waals surface area contributed by atoms with Gasteiger partial charge in [0.05, 0.1) is 25.5 Å². The Morgan fingerprint density at radius 1 is 1.32 bits per heavy atom. The van der Waals surface area contributed by atoms with Crippen molar-refractivity contribution in [3.8, 4) is 11.6 Å². The molecular weight excluding hydrogens is 248 g/mol. The van der Waals surface area contributed by atoms with Crippen LogP contribution in [0.1, 0.15) is 5.82 Å². The van der Waals surface area contributed by atoms with Gasteiger partial charge in [0.2, 0.25) is 0 Å². The fourth-order valence-electron chi connectivity index (χ4n) is 1.46. The van der Waals surface area contributed by atoms with Gasteiger partial charge in [-0.3, -0.25) is 0 Å². The molecule has 0 amide bonds. The van der Waals surface area contributed by atoms with Crippen LogP contribution < -0.4 is 5.73 Å². The van der Waals surface area contributed by atoms with Gasteiger partial charge in [-0.25, -0.2) is 4.98 Å². The van der Waals surface area contributed by atoms with Crippen LogP contribution in [0.25, 0.3) is 11.6 Å². The third-order valence-corrected chi connectivity index (χ3v) is 2.41. The molecule has 0 saturated heterocycles. The summed E-state index contributed by atoms with van der Waals surface area (Å²) in [6, 6.07) is 3.49. The van der Waals surface area contributed by atoms with Gasteiger partial charge in [0.25, 0.3) is 5.89 Å². The number of nitrogens with zero attached hydrogens (tertiary/aromatic N) is 3. The van der Waals surface area contributed by atoms with E-state index in [4.69, 9.17) is 19.7 Å². The molecule has 0 saturated carbocycles. The number of methoxy groups -OCH3 is 1. The zero-order valence-corrected chi connectivity index (χ0v) is 10.7. The molecule has 2 N–H and O–H groups in total. The van der Waals surface area contributed by atoms with E-state index in [-0.39, 0.29) is 0 Å². The average Bonchev–Trinajstić information content (AvgIpc) is 2.88. The molecule has 7 nitrogen and oxygen atoms in total. The molecule has 19 heavy (non-hydrogen) atoms. The SMILES string of the molecule is COCCOCCc1noc(-c2ncccc2N)n1. The highest BCUT2D eigenvalue weighted by Crippen LogP contribution is 2.20. The Hall–Kier alpha value is -1.99. The smallest absolute Gasteiger partial charge is 0.278 e. The molecule has 102 valence electrons. The lowest BCUT2D eigenvalue weighted by Crippen LogP contribution is -2.05. The topological polar surface area (TPSA) is 96.3 Å². The van der Waals surface area contributed by atoms with E-state index in [1.807, 2.05) is 0 Å².